The Bertz CT molecular complexity index is 288. The number of aromatic carboxylic acids is 1. The van der Waals surface area contributed by atoms with Gasteiger partial charge in [0.25, 0.3) is 0 Å². The molecule has 0 bridgehead atoms. The highest BCUT2D eigenvalue weighted by atomic mass is 16.5. The van der Waals surface area contributed by atoms with Gasteiger partial charge in [-0.15, -0.1) is 0 Å². The Morgan fingerprint density at radius 2 is 1.92 bits per heavy atom. The molecule has 0 heterocycles. The van der Waals surface area contributed by atoms with E-state index < -0.39 is 5.97 Å². The van der Waals surface area contributed by atoms with Crippen LogP contribution in [0.4, 0.5) is 0 Å². The summed E-state index contributed by atoms with van der Waals surface area (Å²) in [7, 11) is 0. The molecule has 4 heteroatoms. The Morgan fingerprint density at radius 3 is 2.33 bits per heavy atom. The molecule has 0 aliphatic rings. The molecule has 0 aromatic heterocycles. The van der Waals surface area contributed by atoms with E-state index in [1.54, 1.807) is 0 Å². The van der Waals surface area contributed by atoms with Crippen LogP contribution in [0, 0.1) is 0 Å². The summed E-state index contributed by atoms with van der Waals surface area (Å²) < 4.78 is 4.34. The summed E-state index contributed by atoms with van der Waals surface area (Å²) in [5.41, 5.74) is 0.147. The van der Waals surface area contributed by atoms with Crippen LogP contribution in [-0.2, 0) is 4.79 Å². The third-order valence-electron chi connectivity index (χ3n) is 1.26. The van der Waals surface area contributed by atoms with Crippen LogP contribution in [0.25, 0.3) is 0 Å². The smallest absolute Gasteiger partial charge is 0.423 e. The molecule has 12 heavy (non-hydrogen) atoms. The van der Waals surface area contributed by atoms with Gasteiger partial charge in [0.05, 0.1) is 5.56 Å². The minimum Gasteiger partial charge on any atom is -0.478 e. The van der Waals surface area contributed by atoms with Gasteiger partial charge in [0.2, 0.25) is 0 Å². The lowest BCUT2D eigenvalue weighted by Crippen LogP contribution is -1.95. The number of hydrogen-bond acceptors (Lipinski definition) is 3. The van der Waals surface area contributed by atoms with E-state index in [1.807, 2.05) is 0 Å². The zero-order valence-electron chi connectivity index (χ0n) is 5.98. The second kappa shape index (κ2) is 3.52. The van der Waals surface area contributed by atoms with Crippen molar-refractivity contribution in [3.8, 4) is 5.75 Å². The van der Waals surface area contributed by atoms with Gasteiger partial charge < -0.3 is 9.84 Å². The molecule has 1 N–H and O–H groups in total. The lowest BCUT2D eigenvalue weighted by Gasteiger charge is -1.96. The van der Waals surface area contributed by atoms with Crippen molar-refractivity contribution >= 4 is 12.4 Å². The Balaban J connectivity index is 2.85. The van der Waals surface area contributed by atoms with Crippen LogP contribution >= 0.6 is 0 Å². The summed E-state index contributed by atoms with van der Waals surface area (Å²) in [5.74, 6) is -0.744. The van der Waals surface area contributed by atoms with Gasteiger partial charge in [-0.1, -0.05) is 0 Å². The van der Waals surface area contributed by atoms with Gasteiger partial charge in [0, 0.05) is 0 Å². The van der Waals surface area contributed by atoms with E-state index in [0.717, 1.165) is 0 Å². The third-order valence-corrected chi connectivity index (χ3v) is 1.26. The molecule has 0 saturated carbocycles. The number of rotatable bonds is 3. The molecule has 1 rings (SSSR count). The maximum absolute atomic E-state index is 10.4. The first-order valence-corrected chi connectivity index (χ1v) is 3.11. The lowest BCUT2D eigenvalue weighted by molar-refractivity contribution is 0.0697. The molecule has 0 spiro atoms. The summed E-state index contributed by atoms with van der Waals surface area (Å²) in [6.45, 7) is 1.24. The first-order valence-electron chi connectivity index (χ1n) is 3.11. The van der Waals surface area contributed by atoms with Crippen molar-refractivity contribution in [2.24, 2.45) is 0 Å². The largest absolute Gasteiger partial charge is 0.478 e. The molecule has 0 aliphatic carbocycles. The third kappa shape index (κ3) is 1.82. The van der Waals surface area contributed by atoms with Crippen molar-refractivity contribution < 1.29 is 19.4 Å². The van der Waals surface area contributed by atoms with E-state index in [9.17, 15) is 9.59 Å². The molecule has 0 amide bonds. The number of carbonyl (C=O) groups excluding carboxylic acids is 1. The molecule has 61 valence electrons. The van der Waals surface area contributed by atoms with Crippen LogP contribution in [0.5, 0.6) is 5.75 Å². The van der Waals surface area contributed by atoms with E-state index in [1.165, 1.54) is 30.7 Å². The molecule has 0 atom stereocenters. The fourth-order valence-electron chi connectivity index (χ4n) is 0.714. The Kier molecular flexibility index (Phi) is 2.42. The first-order chi connectivity index (χ1) is 5.74. The maximum atomic E-state index is 10.4. The highest BCUT2D eigenvalue weighted by molar-refractivity contribution is 5.87. The number of ether oxygens (including phenoxy) is 1. The molecule has 4 nitrogen and oxygen atoms in total. The highest BCUT2D eigenvalue weighted by Crippen LogP contribution is 2.10. The predicted molar refractivity (Wildman–Crippen MR) is 39.7 cm³/mol. The van der Waals surface area contributed by atoms with Crippen LogP contribution in [0.3, 0.4) is 0 Å². The van der Waals surface area contributed by atoms with Crippen molar-refractivity contribution in [1.82, 2.24) is 0 Å². The standard InChI is InChI=1S/C8H5O4/c9-5-12-7-3-1-6(2-4-7)8(10)11/h1-4H,(H,10,11). The predicted octanol–water partition coefficient (Wildman–Crippen LogP) is 0.831. The van der Waals surface area contributed by atoms with E-state index in [4.69, 9.17) is 5.11 Å². The molecule has 1 radical (unpaired) electrons. The maximum Gasteiger partial charge on any atom is 0.423 e. The minimum atomic E-state index is -1.02. The molecular formula is C8H5O4. The Hall–Kier alpha value is -1.84. The molecular weight excluding hydrogens is 160 g/mol. The molecule has 0 fully saturated rings. The molecule has 1 aromatic rings. The van der Waals surface area contributed by atoms with E-state index >= 15 is 0 Å². The van der Waals surface area contributed by atoms with Crippen molar-refractivity contribution in [1.29, 1.82) is 0 Å². The summed E-state index contributed by atoms with van der Waals surface area (Å²) in [6.07, 6.45) is 0. The van der Waals surface area contributed by atoms with Crippen LogP contribution < -0.4 is 4.74 Å². The summed E-state index contributed by atoms with van der Waals surface area (Å²) in [4.78, 5) is 20.1. The zero-order valence-corrected chi connectivity index (χ0v) is 5.98. The fourth-order valence-corrected chi connectivity index (χ4v) is 0.714. The molecule has 1 aromatic carbocycles. The van der Waals surface area contributed by atoms with Crippen LogP contribution in [0.15, 0.2) is 24.3 Å². The van der Waals surface area contributed by atoms with E-state index in [0.29, 0.717) is 0 Å². The number of benzene rings is 1. The molecule has 0 aliphatic heterocycles. The normalized spacial score (nSPS) is 9.00. The monoisotopic (exact) mass is 165 g/mol. The van der Waals surface area contributed by atoms with Gasteiger partial charge in [0.15, 0.2) is 0 Å². The molecule has 0 saturated heterocycles. The topological polar surface area (TPSA) is 63.6 Å². The van der Waals surface area contributed by atoms with Crippen LogP contribution in [-0.4, -0.2) is 17.5 Å². The van der Waals surface area contributed by atoms with E-state index in [-0.39, 0.29) is 11.3 Å². The van der Waals surface area contributed by atoms with Gasteiger partial charge >= 0.3 is 12.4 Å². The highest BCUT2D eigenvalue weighted by Gasteiger charge is 2.01. The number of carboxylic acid groups (broad SMARTS) is 1. The van der Waals surface area contributed by atoms with Gasteiger partial charge in [0.1, 0.15) is 5.75 Å². The van der Waals surface area contributed by atoms with Gasteiger partial charge in [-0.2, -0.15) is 0 Å². The van der Waals surface area contributed by atoms with Crippen LogP contribution in [0.1, 0.15) is 10.4 Å². The van der Waals surface area contributed by atoms with Gasteiger partial charge in [-0.05, 0) is 24.3 Å². The van der Waals surface area contributed by atoms with Crippen molar-refractivity contribution in [3.63, 3.8) is 0 Å². The average Bonchev–Trinajstić information content (AvgIpc) is 2.06. The van der Waals surface area contributed by atoms with E-state index in [2.05, 4.69) is 4.74 Å². The zero-order chi connectivity index (χ0) is 8.97. The quantitative estimate of drug-likeness (QED) is 0.720. The minimum absolute atomic E-state index is 0.147. The van der Waals surface area contributed by atoms with Crippen molar-refractivity contribution in [2.45, 2.75) is 0 Å². The second-order valence-electron chi connectivity index (χ2n) is 2.01. The lowest BCUT2D eigenvalue weighted by atomic mass is 10.2. The number of hydrogen-bond donors (Lipinski definition) is 1. The van der Waals surface area contributed by atoms with Crippen molar-refractivity contribution in [2.75, 3.05) is 0 Å². The summed E-state index contributed by atoms with van der Waals surface area (Å²) in [5, 5.41) is 8.49. The number of carbonyl (C=O) groups is 1. The number of carboxylic acids is 1. The summed E-state index contributed by atoms with van der Waals surface area (Å²) >= 11 is 0. The van der Waals surface area contributed by atoms with Gasteiger partial charge in [-0.25, -0.2) is 9.59 Å². The molecule has 0 unspecified atom stereocenters. The van der Waals surface area contributed by atoms with Crippen LogP contribution in [0.2, 0.25) is 0 Å². The second-order valence-corrected chi connectivity index (χ2v) is 2.01. The van der Waals surface area contributed by atoms with Crippen molar-refractivity contribution in [3.05, 3.63) is 29.8 Å². The van der Waals surface area contributed by atoms with Gasteiger partial charge in [-0.3, -0.25) is 0 Å². The fraction of sp³-hybridized carbons (Fsp3) is 0. The average molecular weight is 165 g/mol. The first kappa shape index (κ1) is 8.26. The SMILES string of the molecule is O=[C]Oc1ccc(C(=O)O)cc1. The summed E-state index contributed by atoms with van der Waals surface area (Å²) in [6, 6.07) is 5.45. The Morgan fingerprint density at radius 1 is 1.33 bits per heavy atom. The Labute approximate surface area is 68.4 Å².